The molecule has 0 saturated carbocycles. The third-order valence-corrected chi connectivity index (χ3v) is 2.36. The number of aliphatic imine (C=N–C) groups is 1. The molecule has 1 heterocycles. The fourth-order valence-corrected chi connectivity index (χ4v) is 1.65. The molecule has 0 saturated heterocycles. The molecule has 0 amide bonds. The highest BCUT2D eigenvalue weighted by atomic mass is 32.2. The van der Waals surface area contributed by atoms with Gasteiger partial charge in [0.05, 0.1) is 0 Å². The lowest BCUT2D eigenvalue weighted by atomic mass is 10.5. The summed E-state index contributed by atoms with van der Waals surface area (Å²) in [6.45, 7) is 4.24. The Bertz CT molecular complexity index is 123. The van der Waals surface area contributed by atoms with Crippen LogP contribution in [-0.2, 0) is 0 Å². The van der Waals surface area contributed by atoms with E-state index in [1.165, 1.54) is 18.6 Å². The minimum absolute atomic E-state index is 1.01. The molecule has 0 bridgehead atoms. The summed E-state index contributed by atoms with van der Waals surface area (Å²) in [4.78, 5) is 4.34. The van der Waals surface area contributed by atoms with Gasteiger partial charge in [-0.2, -0.15) is 0 Å². The first-order valence-electron chi connectivity index (χ1n) is 3.84. The number of rotatable bonds is 2. The summed E-state index contributed by atoms with van der Waals surface area (Å²) in [5.74, 6) is 1.23. The van der Waals surface area contributed by atoms with Crippen LogP contribution in [0.3, 0.4) is 0 Å². The molecule has 0 aliphatic carbocycles. The Morgan fingerprint density at radius 3 is 3.20 bits per heavy atom. The molecular formula is C7H14N2S. The van der Waals surface area contributed by atoms with Crippen molar-refractivity contribution in [1.29, 1.82) is 0 Å². The highest BCUT2D eigenvalue weighted by molar-refractivity contribution is 8.13. The van der Waals surface area contributed by atoms with Crippen LogP contribution in [0.4, 0.5) is 0 Å². The van der Waals surface area contributed by atoms with Gasteiger partial charge in [0.15, 0.2) is 5.17 Å². The van der Waals surface area contributed by atoms with E-state index < -0.39 is 0 Å². The Morgan fingerprint density at radius 2 is 2.60 bits per heavy atom. The minimum atomic E-state index is 1.01. The van der Waals surface area contributed by atoms with Crippen LogP contribution in [0.15, 0.2) is 4.99 Å². The molecule has 1 aliphatic rings. The molecule has 0 aromatic heterocycles. The number of amidine groups is 1. The molecule has 3 heteroatoms. The van der Waals surface area contributed by atoms with Gasteiger partial charge in [-0.1, -0.05) is 18.7 Å². The van der Waals surface area contributed by atoms with Gasteiger partial charge in [0.25, 0.3) is 0 Å². The highest BCUT2D eigenvalue weighted by Crippen LogP contribution is 2.09. The first-order valence-corrected chi connectivity index (χ1v) is 4.83. The smallest absolute Gasteiger partial charge is 0.156 e. The van der Waals surface area contributed by atoms with Crippen molar-refractivity contribution in [3.05, 3.63) is 0 Å². The van der Waals surface area contributed by atoms with Crippen LogP contribution in [0.2, 0.25) is 0 Å². The lowest BCUT2D eigenvalue weighted by Gasteiger charge is -2.11. The molecule has 0 fully saturated rings. The Labute approximate surface area is 66.5 Å². The van der Waals surface area contributed by atoms with E-state index >= 15 is 0 Å². The predicted molar refractivity (Wildman–Crippen MR) is 47.7 cm³/mol. The molecule has 0 atom stereocenters. The van der Waals surface area contributed by atoms with Gasteiger partial charge in [-0.05, 0) is 12.8 Å². The third kappa shape index (κ3) is 2.60. The molecular weight excluding hydrogens is 144 g/mol. The van der Waals surface area contributed by atoms with Crippen LogP contribution in [0.1, 0.15) is 19.8 Å². The maximum atomic E-state index is 4.34. The Morgan fingerprint density at radius 1 is 1.70 bits per heavy atom. The fraction of sp³-hybridized carbons (Fsp3) is 0.857. The minimum Gasteiger partial charge on any atom is -0.365 e. The summed E-state index contributed by atoms with van der Waals surface area (Å²) in [7, 11) is 0. The SMILES string of the molecule is CCCNC1=NCCCS1. The standard InChI is InChI=1S/C7H14N2S/c1-2-4-8-7-9-5-3-6-10-7/h2-6H2,1H3,(H,8,9). The monoisotopic (exact) mass is 158 g/mol. The van der Waals surface area contributed by atoms with E-state index in [9.17, 15) is 0 Å². The number of nitrogens with one attached hydrogen (secondary N) is 1. The van der Waals surface area contributed by atoms with Crippen LogP contribution >= 0.6 is 11.8 Å². The lowest BCUT2D eigenvalue weighted by Crippen LogP contribution is -2.23. The molecule has 0 unspecified atom stereocenters. The van der Waals surface area contributed by atoms with E-state index in [0.29, 0.717) is 0 Å². The molecule has 1 N–H and O–H groups in total. The second kappa shape index (κ2) is 4.61. The van der Waals surface area contributed by atoms with Crippen molar-refractivity contribution in [2.75, 3.05) is 18.8 Å². The van der Waals surface area contributed by atoms with E-state index in [4.69, 9.17) is 0 Å². The summed E-state index contributed by atoms with van der Waals surface area (Å²) in [6, 6.07) is 0. The van der Waals surface area contributed by atoms with E-state index in [0.717, 1.165) is 18.3 Å². The van der Waals surface area contributed by atoms with Gasteiger partial charge in [-0.25, -0.2) is 0 Å². The van der Waals surface area contributed by atoms with Crippen molar-refractivity contribution in [2.45, 2.75) is 19.8 Å². The topological polar surface area (TPSA) is 24.4 Å². The van der Waals surface area contributed by atoms with Gasteiger partial charge in [0.1, 0.15) is 0 Å². The van der Waals surface area contributed by atoms with E-state index in [1.807, 2.05) is 11.8 Å². The summed E-state index contributed by atoms with van der Waals surface area (Å²) >= 11 is 1.84. The molecule has 0 aromatic carbocycles. The number of nitrogens with zero attached hydrogens (tertiary/aromatic N) is 1. The van der Waals surface area contributed by atoms with Crippen LogP contribution < -0.4 is 5.32 Å². The second-order valence-electron chi connectivity index (χ2n) is 2.32. The van der Waals surface area contributed by atoms with Crippen molar-refractivity contribution in [3.63, 3.8) is 0 Å². The molecule has 1 rings (SSSR count). The Kier molecular flexibility index (Phi) is 3.65. The fourth-order valence-electron chi connectivity index (χ4n) is 0.799. The van der Waals surface area contributed by atoms with Gasteiger partial charge in [-0.3, -0.25) is 4.99 Å². The highest BCUT2D eigenvalue weighted by Gasteiger charge is 2.02. The van der Waals surface area contributed by atoms with Crippen LogP contribution in [0.25, 0.3) is 0 Å². The van der Waals surface area contributed by atoms with Crippen LogP contribution in [-0.4, -0.2) is 24.0 Å². The Balaban J connectivity index is 2.18. The van der Waals surface area contributed by atoms with Crippen molar-refractivity contribution in [2.24, 2.45) is 4.99 Å². The average Bonchev–Trinajstić information content (AvgIpc) is 2.03. The molecule has 0 aromatic rings. The molecule has 58 valence electrons. The van der Waals surface area contributed by atoms with Gasteiger partial charge >= 0.3 is 0 Å². The maximum absolute atomic E-state index is 4.34. The van der Waals surface area contributed by atoms with Gasteiger partial charge in [-0.15, -0.1) is 0 Å². The summed E-state index contributed by atoms with van der Waals surface area (Å²) in [5.41, 5.74) is 0. The zero-order chi connectivity index (χ0) is 7.23. The first-order chi connectivity index (χ1) is 4.93. The Hall–Kier alpha value is -0.180. The molecule has 0 spiro atoms. The summed E-state index contributed by atoms with van der Waals surface area (Å²) in [5, 5.41) is 4.43. The third-order valence-electron chi connectivity index (χ3n) is 1.32. The van der Waals surface area contributed by atoms with Gasteiger partial charge in [0.2, 0.25) is 0 Å². The van der Waals surface area contributed by atoms with Crippen molar-refractivity contribution in [1.82, 2.24) is 5.32 Å². The maximum Gasteiger partial charge on any atom is 0.156 e. The van der Waals surface area contributed by atoms with E-state index in [1.54, 1.807) is 0 Å². The largest absolute Gasteiger partial charge is 0.365 e. The summed E-state index contributed by atoms with van der Waals surface area (Å²) in [6.07, 6.45) is 2.42. The summed E-state index contributed by atoms with van der Waals surface area (Å²) < 4.78 is 0. The second-order valence-corrected chi connectivity index (χ2v) is 3.40. The lowest BCUT2D eigenvalue weighted by molar-refractivity contribution is 0.832. The van der Waals surface area contributed by atoms with E-state index in [2.05, 4.69) is 17.2 Å². The predicted octanol–water partition coefficient (Wildman–Crippen LogP) is 1.48. The van der Waals surface area contributed by atoms with Crippen molar-refractivity contribution < 1.29 is 0 Å². The van der Waals surface area contributed by atoms with Crippen LogP contribution in [0, 0.1) is 0 Å². The molecule has 0 radical (unpaired) electrons. The zero-order valence-corrected chi connectivity index (χ0v) is 7.21. The first kappa shape index (κ1) is 7.92. The average molecular weight is 158 g/mol. The number of hydrogen-bond acceptors (Lipinski definition) is 3. The molecule has 1 aliphatic heterocycles. The van der Waals surface area contributed by atoms with Gasteiger partial charge in [0, 0.05) is 18.8 Å². The molecule has 2 nitrogen and oxygen atoms in total. The number of hydrogen-bond donors (Lipinski definition) is 1. The van der Waals surface area contributed by atoms with Gasteiger partial charge < -0.3 is 5.32 Å². The molecule has 10 heavy (non-hydrogen) atoms. The van der Waals surface area contributed by atoms with Crippen molar-refractivity contribution in [3.8, 4) is 0 Å². The number of thioether (sulfide) groups is 1. The van der Waals surface area contributed by atoms with Crippen LogP contribution in [0.5, 0.6) is 0 Å². The quantitative estimate of drug-likeness (QED) is 0.658. The van der Waals surface area contributed by atoms with Crippen molar-refractivity contribution >= 4 is 16.9 Å². The zero-order valence-electron chi connectivity index (χ0n) is 6.39. The van der Waals surface area contributed by atoms with E-state index in [-0.39, 0.29) is 0 Å². The normalized spacial score (nSPS) is 18.3.